The molecule has 3 rings (SSSR count). The first-order valence-electron chi connectivity index (χ1n) is 8.70. The van der Waals surface area contributed by atoms with Gasteiger partial charge in [0, 0.05) is 18.8 Å². The van der Waals surface area contributed by atoms with Crippen LogP contribution in [-0.4, -0.2) is 36.9 Å². The number of halogens is 1. The summed E-state index contributed by atoms with van der Waals surface area (Å²) >= 11 is 0. The van der Waals surface area contributed by atoms with E-state index in [-0.39, 0.29) is 23.1 Å². The summed E-state index contributed by atoms with van der Waals surface area (Å²) < 4.78 is 45.6. The van der Waals surface area contributed by atoms with Crippen LogP contribution in [0.15, 0.2) is 27.6 Å². The maximum atomic E-state index is 13.4. The summed E-state index contributed by atoms with van der Waals surface area (Å²) in [4.78, 5) is 12.7. The molecule has 146 valence electrons. The summed E-state index contributed by atoms with van der Waals surface area (Å²) in [6.07, 6.45) is 1.12. The Hall–Kier alpha value is -2.26. The Kier molecular flexibility index (Phi) is 5.34. The van der Waals surface area contributed by atoms with Gasteiger partial charge in [-0.05, 0) is 51.3 Å². The molecule has 1 aliphatic rings. The molecule has 0 aliphatic carbocycles. The molecular weight excluding hydrogens is 373 g/mol. The van der Waals surface area contributed by atoms with E-state index in [1.54, 1.807) is 26.8 Å². The van der Waals surface area contributed by atoms with Crippen molar-refractivity contribution < 1.29 is 22.1 Å². The van der Waals surface area contributed by atoms with Crippen molar-refractivity contribution in [3.05, 3.63) is 41.0 Å². The highest BCUT2D eigenvalue weighted by molar-refractivity contribution is 7.89. The summed E-state index contributed by atoms with van der Waals surface area (Å²) in [5.74, 6) is -1.05. The van der Waals surface area contributed by atoms with Gasteiger partial charge in [-0.1, -0.05) is 11.2 Å². The summed E-state index contributed by atoms with van der Waals surface area (Å²) in [6, 6.07) is 4.16. The molecule has 1 aliphatic heterocycles. The topological polar surface area (TPSA) is 92.5 Å². The normalized spacial score (nSPS) is 18.4. The van der Waals surface area contributed by atoms with Crippen LogP contribution in [0.4, 0.5) is 10.1 Å². The van der Waals surface area contributed by atoms with Crippen LogP contribution in [-0.2, 0) is 14.8 Å². The molecule has 1 aromatic heterocycles. The number of rotatable bonds is 4. The summed E-state index contributed by atoms with van der Waals surface area (Å²) in [5.41, 5.74) is 1.43. The van der Waals surface area contributed by atoms with Crippen LogP contribution in [0, 0.1) is 32.5 Å². The van der Waals surface area contributed by atoms with Gasteiger partial charge in [-0.25, -0.2) is 12.8 Å². The van der Waals surface area contributed by atoms with Crippen molar-refractivity contribution in [3.63, 3.8) is 0 Å². The van der Waals surface area contributed by atoms with E-state index in [0.717, 1.165) is 5.56 Å². The van der Waals surface area contributed by atoms with Crippen LogP contribution in [0.1, 0.15) is 29.9 Å². The highest BCUT2D eigenvalue weighted by Gasteiger charge is 2.36. The van der Waals surface area contributed by atoms with Crippen LogP contribution < -0.4 is 5.32 Å². The molecule has 0 spiro atoms. The minimum Gasteiger partial charge on any atom is -0.360 e. The van der Waals surface area contributed by atoms with Gasteiger partial charge >= 0.3 is 0 Å². The Morgan fingerprint density at radius 3 is 2.74 bits per heavy atom. The highest BCUT2D eigenvalue weighted by Crippen LogP contribution is 2.28. The van der Waals surface area contributed by atoms with E-state index in [0.29, 0.717) is 30.8 Å². The van der Waals surface area contributed by atoms with E-state index in [9.17, 15) is 17.6 Å². The molecule has 0 bridgehead atoms. The zero-order valence-electron chi connectivity index (χ0n) is 15.5. The van der Waals surface area contributed by atoms with E-state index in [2.05, 4.69) is 10.5 Å². The van der Waals surface area contributed by atoms with Crippen LogP contribution in [0.25, 0.3) is 0 Å². The van der Waals surface area contributed by atoms with Crippen molar-refractivity contribution in [2.45, 2.75) is 38.5 Å². The monoisotopic (exact) mass is 395 g/mol. The zero-order valence-corrected chi connectivity index (χ0v) is 16.3. The lowest BCUT2D eigenvalue weighted by Gasteiger charge is -2.31. The highest BCUT2D eigenvalue weighted by atomic mass is 32.2. The van der Waals surface area contributed by atoms with Gasteiger partial charge in [0.05, 0.1) is 5.92 Å². The van der Waals surface area contributed by atoms with Gasteiger partial charge in [0.25, 0.3) is 0 Å². The number of nitrogens with one attached hydrogen (secondary N) is 1. The third-order valence-corrected chi connectivity index (χ3v) is 6.89. The molecule has 0 unspecified atom stereocenters. The third kappa shape index (κ3) is 3.89. The van der Waals surface area contributed by atoms with Crippen molar-refractivity contribution in [1.29, 1.82) is 0 Å². The average Bonchev–Trinajstić information content (AvgIpc) is 2.97. The Labute approximate surface area is 157 Å². The first kappa shape index (κ1) is 19.5. The maximum Gasteiger partial charge on any atom is 0.248 e. The number of aromatic nitrogens is 1. The van der Waals surface area contributed by atoms with E-state index in [4.69, 9.17) is 4.52 Å². The standard InChI is InChI=1S/C18H22FN3O4S/c1-11-6-7-15(19)9-16(11)20-18(23)14-5-4-8-22(10-14)27(24,25)17-12(2)21-26-13(17)3/h6-7,9,14H,4-5,8,10H2,1-3H3,(H,20,23)/t14-/m0/s1. The van der Waals surface area contributed by atoms with Crippen LogP contribution in [0.5, 0.6) is 0 Å². The Bertz CT molecular complexity index is 951. The fourth-order valence-electron chi connectivity index (χ4n) is 3.31. The Morgan fingerprint density at radius 1 is 1.33 bits per heavy atom. The quantitative estimate of drug-likeness (QED) is 0.859. The number of hydrogen-bond donors (Lipinski definition) is 1. The van der Waals surface area contributed by atoms with Gasteiger partial charge in [0.1, 0.15) is 16.4 Å². The van der Waals surface area contributed by atoms with Crippen molar-refractivity contribution in [2.24, 2.45) is 5.92 Å². The minimum atomic E-state index is -3.80. The van der Waals surface area contributed by atoms with Crippen molar-refractivity contribution in [2.75, 3.05) is 18.4 Å². The number of anilines is 1. The molecule has 0 saturated carbocycles. The summed E-state index contributed by atoms with van der Waals surface area (Å²) in [7, 11) is -3.80. The molecule has 0 radical (unpaired) electrons. The average molecular weight is 395 g/mol. The smallest absolute Gasteiger partial charge is 0.248 e. The number of aryl methyl sites for hydroxylation is 3. The molecule has 1 saturated heterocycles. The third-order valence-electron chi connectivity index (χ3n) is 4.78. The van der Waals surface area contributed by atoms with Gasteiger partial charge in [-0.2, -0.15) is 4.31 Å². The largest absolute Gasteiger partial charge is 0.360 e. The number of benzene rings is 1. The number of amides is 1. The van der Waals surface area contributed by atoms with E-state index in [1.165, 1.54) is 16.4 Å². The lowest BCUT2D eigenvalue weighted by atomic mass is 9.98. The lowest BCUT2D eigenvalue weighted by molar-refractivity contribution is -0.120. The molecule has 7 nitrogen and oxygen atoms in total. The number of piperidine rings is 1. The second-order valence-electron chi connectivity index (χ2n) is 6.80. The molecular formula is C18H22FN3O4S. The molecule has 9 heteroatoms. The van der Waals surface area contributed by atoms with Gasteiger partial charge < -0.3 is 9.84 Å². The van der Waals surface area contributed by atoms with Crippen LogP contribution >= 0.6 is 0 Å². The fraction of sp³-hybridized carbons (Fsp3) is 0.444. The molecule has 2 aromatic rings. The van der Waals surface area contributed by atoms with Gasteiger partial charge in [-0.3, -0.25) is 4.79 Å². The van der Waals surface area contributed by atoms with Crippen molar-refractivity contribution in [1.82, 2.24) is 9.46 Å². The number of hydrogen-bond acceptors (Lipinski definition) is 5. The zero-order chi connectivity index (χ0) is 19.8. The second kappa shape index (κ2) is 7.40. The molecule has 27 heavy (non-hydrogen) atoms. The number of carbonyl (C=O) groups is 1. The maximum absolute atomic E-state index is 13.4. The summed E-state index contributed by atoms with van der Waals surface area (Å²) in [6.45, 7) is 5.28. The summed E-state index contributed by atoms with van der Waals surface area (Å²) in [5, 5.41) is 6.43. The number of sulfonamides is 1. The molecule has 1 fully saturated rings. The number of nitrogens with zero attached hydrogens (tertiary/aromatic N) is 2. The number of carbonyl (C=O) groups excluding carboxylic acids is 1. The van der Waals surface area contributed by atoms with E-state index in [1.807, 2.05) is 0 Å². The van der Waals surface area contributed by atoms with E-state index >= 15 is 0 Å². The fourth-order valence-corrected chi connectivity index (χ4v) is 5.13. The first-order valence-corrected chi connectivity index (χ1v) is 10.1. The van der Waals surface area contributed by atoms with Crippen molar-refractivity contribution >= 4 is 21.6 Å². The van der Waals surface area contributed by atoms with Gasteiger partial charge in [0.15, 0.2) is 5.76 Å². The predicted octanol–water partition coefficient (Wildman–Crippen LogP) is 2.78. The molecule has 2 heterocycles. The minimum absolute atomic E-state index is 0.0598. The molecule has 1 amide bonds. The van der Waals surface area contributed by atoms with Gasteiger partial charge in [-0.15, -0.1) is 0 Å². The molecule has 1 atom stereocenters. The first-order chi connectivity index (χ1) is 12.7. The lowest BCUT2D eigenvalue weighted by Crippen LogP contribution is -2.44. The Balaban J connectivity index is 1.78. The van der Waals surface area contributed by atoms with Gasteiger partial charge in [0.2, 0.25) is 15.9 Å². The van der Waals surface area contributed by atoms with Crippen LogP contribution in [0.2, 0.25) is 0 Å². The van der Waals surface area contributed by atoms with E-state index < -0.39 is 21.8 Å². The predicted molar refractivity (Wildman–Crippen MR) is 97.2 cm³/mol. The molecule has 1 N–H and O–H groups in total. The molecule has 1 aromatic carbocycles. The van der Waals surface area contributed by atoms with Crippen molar-refractivity contribution in [3.8, 4) is 0 Å². The van der Waals surface area contributed by atoms with Crippen LogP contribution in [0.3, 0.4) is 0 Å². The Morgan fingerprint density at radius 2 is 2.07 bits per heavy atom. The second-order valence-corrected chi connectivity index (χ2v) is 8.68. The SMILES string of the molecule is Cc1ccc(F)cc1NC(=O)[C@H]1CCCN(S(=O)(=O)c2c(C)noc2C)C1.